The fourth-order valence-electron chi connectivity index (χ4n) is 4.23. The van der Waals surface area contributed by atoms with Crippen molar-refractivity contribution in [3.8, 4) is 5.75 Å². The van der Waals surface area contributed by atoms with Crippen molar-refractivity contribution in [2.75, 3.05) is 26.2 Å². The number of amides is 3. The monoisotopic (exact) mass is 462 g/mol. The van der Waals surface area contributed by atoms with Crippen LogP contribution in [0.5, 0.6) is 5.75 Å². The van der Waals surface area contributed by atoms with E-state index in [-0.39, 0.29) is 35.0 Å². The molecule has 1 aliphatic rings. The molecule has 0 bridgehead atoms. The normalized spacial score (nSPS) is 14.9. The summed E-state index contributed by atoms with van der Waals surface area (Å²) in [5.41, 5.74) is 2.20. The molecule has 8 heteroatoms. The van der Waals surface area contributed by atoms with Gasteiger partial charge in [0.15, 0.2) is 0 Å². The molecule has 1 aromatic heterocycles. The number of aromatic nitrogens is 1. The number of nitrogens with one attached hydrogen (secondary N) is 2. The van der Waals surface area contributed by atoms with Gasteiger partial charge in [-0.2, -0.15) is 0 Å². The molecule has 3 amide bonds. The van der Waals surface area contributed by atoms with Crippen LogP contribution in [0.15, 0.2) is 54.7 Å². The van der Waals surface area contributed by atoms with Crippen LogP contribution in [-0.4, -0.2) is 69.8 Å². The summed E-state index contributed by atoms with van der Waals surface area (Å²) >= 11 is 0. The number of hydrogen-bond acceptors (Lipinski definition) is 4. The molecule has 1 fully saturated rings. The largest absolute Gasteiger partial charge is 0.507 e. The lowest BCUT2D eigenvalue weighted by atomic mass is 10.0. The number of fused-ring (bicyclic) bond motifs is 1. The maximum atomic E-state index is 13.5. The Labute approximate surface area is 198 Å². The maximum absolute atomic E-state index is 13.5. The van der Waals surface area contributed by atoms with Crippen LogP contribution < -0.4 is 5.32 Å². The van der Waals surface area contributed by atoms with Crippen molar-refractivity contribution in [1.29, 1.82) is 0 Å². The number of phenolic OH excluding ortho intramolecular Hbond substituents is 1. The number of aromatic amines is 1. The molecule has 3 N–H and O–H groups in total. The van der Waals surface area contributed by atoms with Gasteiger partial charge < -0.3 is 25.2 Å². The highest BCUT2D eigenvalue weighted by Gasteiger charge is 2.31. The van der Waals surface area contributed by atoms with E-state index in [1.807, 2.05) is 30.5 Å². The van der Waals surface area contributed by atoms with Gasteiger partial charge in [0.25, 0.3) is 5.91 Å². The number of hydrogen-bond donors (Lipinski definition) is 3. The molecule has 34 heavy (non-hydrogen) atoms. The van der Waals surface area contributed by atoms with Crippen LogP contribution in [-0.2, 0) is 16.0 Å². The van der Waals surface area contributed by atoms with Crippen molar-refractivity contribution in [3.05, 3.63) is 65.9 Å². The van der Waals surface area contributed by atoms with Gasteiger partial charge in [-0.25, -0.2) is 0 Å². The summed E-state index contributed by atoms with van der Waals surface area (Å²) in [7, 11) is 0. The highest BCUT2D eigenvalue weighted by atomic mass is 16.3. The fraction of sp³-hybridized carbons (Fsp3) is 0.346. The van der Waals surface area contributed by atoms with Gasteiger partial charge >= 0.3 is 0 Å². The Kier molecular flexibility index (Phi) is 6.86. The third-order valence-corrected chi connectivity index (χ3v) is 6.25. The summed E-state index contributed by atoms with van der Waals surface area (Å²) < 4.78 is 0. The molecule has 0 radical (unpaired) electrons. The highest BCUT2D eigenvalue weighted by molar-refractivity contribution is 5.97. The molecule has 0 saturated carbocycles. The zero-order valence-corrected chi connectivity index (χ0v) is 19.5. The first-order chi connectivity index (χ1) is 16.3. The van der Waals surface area contributed by atoms with Crippen LogP contribution in [0.1, 0.15) is 29.8 Å². The molecule has 2 aromatic carbocycles. The smallest absolute Gasteiger partial charge is 0.257 e. The average Bonchev–Trinajstić information content (AvgIpc) is 3.26. The zero-order valence-electron chi connectivity index (χ0n) is 19.5. The van der Waals surface area contributed by atoms with Crippen LogP contribution in [0.2, 0.25) is 0 Å². The maximum Gasteiger partial charge on any atom is 0.257 e. The predicted octanol–water partition coefficient (Wildman–Crippen LogP) is 2.54. The number of benzene rings is 2. The van der Waals surface area contributed by atoms with Crippen molar-refractivity contribution in [2.45, 2.75) is 26.3 Å². The Morgan fingerprint density at radius 3 is 2.32 bits per heavy atom. The van der Waals surface area contributed by atoms with E-state index in [9.17, 15) is 19.5 Å². The number of carbonyl (C=O) groups excluding carboxylic acids is 3. The lowest BCUT2D eigenvalue weighted by molar-refractivity contribution is -0.138. The van der Waals surface area contributed by atoms with Crippen LogP contribution in [0.25, 0.3) is 10.9 Å². The Bertz CT molecular complexity index is 1190. The summed E-state index contributed by atoms with van der Waals surface area (Å²) in [4.78, 5) is 45.3. The molecule has 8 nitrogen and oxygen atoms in total. The standard InChI is InChI=1S/C26H30N4O4/c1-17(2)24(32)28-22(15-18-16-27-21-9-5-3-7-19(18)21)26(34)30-13-11-29(12-14-30)25(33)20-8-4-6-10-23(20)31/h3-10,16-17,22,27,31H,11-15H2,1-2H3,(H,28,32). The third kappa shape index (κ3) is 4.90. The molecule has 2 heterocycles. The topological polar surface area (TPSA) is 106 Å². The Morgan fingerprint density at radius 2 is 1.62 bits per heavy atom. The minimum Gasteiger partial charge on any atom is -0.507 e. The van der Waals surface area contributed by atoms with Gasteiger partial charge in [-0.3, -0.25) is 14.4 Å². The Balaban J connectivity index is 1.46. The molecular weight excluding hydrogens is 432 g/mol. The number of phenols is 1. The first-order valence-corrected chi connectivity index (χ1v) is 11.6. The molecule has 1 saturated heterocycles. The number of carbonyl (C=O) groups is 3. The van der Waals surface area contributed by atoms with Crippen molar-refractivity contribution in [2.24, 2.45) is 5.92 Å². The molecule has 178 valence electrons. The number of H-pyrrole nitrogens is 1. The zero-order chi connectivity index (χ0) is 24.2. The number of rotatable bonds is 6. The Morgan fingerprint density at radius 1 is 0.971 bits per heavy atom. The molecule has 1 atom stereocenters. The summed E-state index contributed by atoms with van der Waals surface area (Å²) in [5.74, 6) is -0.887. The van der Waals surface area contributed by atoms with E-state index in [0.717, 1.165) is 16.5 Å². The van der Waals surface area contributed by atoms with Gasteiger partial charge in [0, 0.05) is 55.6 Å². The molecular formula is C26H30N4O4. The molecule has 0 aliphatic carbocycles. The van der Waals surface area contributed by atoms with E-state index >= 15 is 0 Å². The van der Waals surface area contributed by atoms with Crippen LogP contribution in [0.3, 0.4) is 0 Å². The molecule has 3 aromatic rings. The first kappa shape index (κ1) is 23.4. The SMILES string of the molecule is CC(C)C(=O)NC(Cc1c[nH]c2ccccc12)C(=O)N1CCN(C(=O)c2ccccc2O)CC1. The lowest BCUT2D eigenvalue weighted by Gasteiger charge is -2.36. The van der Waals surface area contributed by atoms with Gasteiger partial charge in [0.2, 0.25) is 11.8 Å². The molecule has 1 aliphatic heterocycles. The number of para-hydroxylation sites is 2. The summed E-state index contributed by atoms with van der Waals surface area (Å²) in [5, 5.41) is 13.9. The molecule has 4 rings (SSSR count). The minimum atomic E-state index is -0.700. The second-order valence-electron chi connectivity index (χ2n) is 8.91. The lowest BCUT2D eigenvalue weighted by Crippen LogP contribution is -2.56. The van der Waals surface area contributed by atoms with Gasteiger partial charge in [-0.05, 0) is 23.8 Å². The van der Waals surface area contributed by atoms with Crippen LogP contribution in [0.4, 0.5) is 0 Å². The summed E-state index contributed by atoms with van der Waals surface area (Å²) in [6.45, 7) is 5.03. The minimum absolute atomic E-state index is 0.0544. The molecule has 1 unspecified atom stereocenters. The van der Waals surface area contributed by atoms with E-state index in [1.165, 1.54) is 6.07 Å². The number of aromatic hydroxyl groups is 1. The average molecular weight is 463 g/mol. The van der Waals surface area contributed by atoms with Crippen molar-refractivity contribution in [3.63, 3.8) is 0 Å². The molecule has 0 spiro atoms. The summed E-state index contributed by atoms with van der Waals surface area (Å²) in [6, 6.07) is 13.6. The van der Waals surface area contributed by atoms with E-state index in [2.05, 4.69) is 10.3 Å². The first-order valence-electron chi connectivity index (χ1n) is 11.6. The highest BCUT2D eigenvalue weighted by Crippen LogP contribution is 2.21. The van der Waals surface area contributed by atoms with Crippen molar-refractivity contribution in [1.82, 2.24) is 20.1 Å². The van der Waals surface area contributed by atoms with Gasteiger partial charge in [0.05, 0.1) is 5.56 Å². The van der Waals surface area contributed by atoms with E-state index in [0.29, 0.717) is 32.6 Å². The number of nitrogens with zero attached hydrogens (tertiary/aromatic N) is 2. The predicted molar refractivity (Wildman–Crippen MR) is 129 cm³/mol. The number of piperazine rings is 1. The van der Waals surface area contributed by atoms with Crippen LogP contribution in [0, 0.1) is 5.92 Å². The second kappa shape index (κ2) is 9.99. The quantitative estimate of drug-likeness (QED) is 0.523. The van der Waals surface area contributed by atoms with Crippen molar-refractivity contribution < 1.29 is 19.5 Å². The van der Waals surface area contributed by atoms with Gasteiger partial charge in [-0.1, -0.05) is 44.2 Å². The fourth-order valence-corrected chi connectivity index (χ4v) is 4.23. The van der Waals surface area contributed by atoms with E-state index in [4.69, 9.17) is 0 Å². The van der Waals surface area contributed by atoms with E-state index < -0.39 is 6.04 Å². The van der Waals surface area contributed by atoms with E-state index in [1.54, 1.807) is 41.8 Å². The Hall–Kier alpha value is -3.81. The second-order valence-corrected chi connectivity index (χ2v) is 8.91. The van der Waals surface area contributed by atoms with Gasteiger partial charge in [0.1, 0.15) is 11.8 Å². The van der Waals surface area contributed by atoms with Gasteiger partial charge in [-0.15, -0.1) is 0 Å². The van der Waals surface area contributed by atoms with Crippen molar-refractivity contribution >= 4 is 28.6 Å². The summed E-state index contributed by atoms with van der Waals surface area (Å²) in [6.07, 6.45) is 2.26. The third-order valence-electron chi connectivity index (χ3n) is 6.25. The van der Waals surface area contributed by atoms with Crippen LogP contribution >= 0.6 is 0 Å².